The first-order valence-electron chi connectivity index (χ1n) is 7.67. The van der Waals surface area contributed by atoms with E-state index in [0.29, 0.717) is 4.57 Å². The Balaban J connectivity index is 2.14. The highest BCUT2D eigenvalue weighted by Gasteiger charge is 2.49. The molecule has 0 amide bonds. The Kier molecular flexibility index (Phi) is 7.44. The molecular formula is C10H17N2O15P3. The van der Waals surface area contributed by atoms with Crippen LogP contribution in [0.2, 0.25) is 0 Å². The van der Waals surface area contributed by atoms with E-state index in [0.717, 1.165) is 19.2 Å². The minimum atomic E-state index is -5.76. The van der Waals surface area contributed by atoms with E-state index in [1.165, 1.54) is 0 Å². The lowest BCUT2D eigenvalue weighted by Crippen LogP contribution is -2.39. The van der Waals surface area contributed by atoms with Crippen molar-refractivity contribution in [3.63, 3.8) is 0 Å². The molecule has 1 aliphatic heterocycles. The highest BCUT2D eigenvalue weighted by molar-refractivity contribution is 7.66. The van der Waals surface area contributed by atoms with Crippen LogP contribution >= 0.6 is 23.5 Å². The molecule has 1 aromatic rings. The van der Waals surface area contributed by atoms with Crippen LogP contribution in [0.5, 0.6) is 0 Å². The zero-order valence-electron chi connectivity index (χ0n) is 14.7. The molecule has 1 fully saturated rings. The van der Waals surface area contributed by atoms with Crippen LogP contribution in [0.4, 0.5) is 0 Å². The zero-order valence-corrected chi connectivity index (χ0v) is 17.4. The number of aromatic amines is 1. The van der Waals surface area contributed by atoms with Gasteiger partial charge in [-0.15, -0.1) is 0 Å². The van der Waals surface area contributed by atoms with Crippen molar-refractivity contribution in [2.24, 2.45) is 0 Å². The smallest absolute Gasteiger partial charge is 0.387 e. The van der Waals surface area contributed by atoms with Gasteiger partial charge >= 0.3 is 29.2 Å². The number of rotatable bonds is 8. The van der Waals surface area contributed by atoms with Gasteiger partial charge in [-0.3, -0.25) is 18.9 Å². The summed E-state index contributed by atoms with van der Waals surface area (Å²) < 4.78 is 51.4. The number of hydrogen-bond acceptors (Lipinski definition) is 11. The zero-order chi connectivity index (χ0) is 23.1. The lowest BCUT2D eigenvalue weighted by molar-refractivity contribution is -0.0782. The number of nitrogens with one attached hydrogen (secondary N) is 1. The van der Waals surface area contributed by atoms with Crippen LogP contribution in [0.15, 0.2) is 21.9 Å². The maximum atomic E-state index is 11.9. The van der Waals surface area contributed by atoms with Gasteiger partial charge in [0.25, 0.3) is 5.56 Å². The second kappa shape index (κ2) is 8.84. The highest BCUT2D eigenvalue weighted by Crippen LogP contribution is 2.66. The van der Waals surface area contributed by atoms with E-state index >= 15 is 0 Å². The maximum absolute atomic E-state index is 11.9. The number of aromatic nitrogens is 2. The third-order valence-corrected chi connectivity index (χ3v) is 7.50. The number of nitrogens with zero attached hydrogens (tertiary/aromatic N) is 1. The molecule has 0 spiro atoms. The van der Waals surface area contributed by atoms with E-state index < -0.39 is 65.4 Å². The summed E-state index contributed by atoms with van der Waals surface area (Å²) in [6.07, 6.45) is -7.43. The molecule has 7 atom stereocenters. The van der Waals surface area contributed by atoms with Gasteiger partial charge in [-0.05, 0) is 6.92 Å². The molecule has 2 unspecified atom stereocenters. The fourth-order valence-electron chi connectivity index (χ4n) is 2.50. The normalized spacial score (nSPS) is 29.8. The number of phosphoric acid groups is 3. The monoisotopic (exact) mass is 498 g/mol. The average molecular weight is 498 g/mol. The topological polar surface area (TPSA) is 264 Å². The summed E-state index contributed by atoms with van der Waals surface area (Å²) in [6.45, 7) is 1.01. The largest absolute Gasteiger partial charge is 0.490 e. The van der Waals surface area contributed by atoms with Crippen LogP contribution in [-0.2, 0) is 31.6 Å². The number of hydrogen-bond donors (Lipinski definition) is 7. The van der Waals surface area contributed by atoms with Crippen molar-refractivity contribution in [2.45, 2.75) is 37.6 Å². The maximum Gasteiger partial charge on any atom is 0.490 e. The van der Waals surface area contributed by atoms with Crippen molar-refractivity contribution in [1.82, 2.24) is 9.55 Å². The van der Waals surface area contributed by atoms with Gasteiger partial charge in [-0.2, -0.15) is 8.62 Å². The second-order valence-corrected chi connectivity index (χ2v) is 10.3. The molecule has 1 saturated heterocycles. The number of ether oxygens (including phenoxy) is 1. The Morgan fingerprint density at radius 1 is 1.07 bits per heavy atom. The Morgan fingerprint density at radius 3 is 2.20 bits per heavy atom. The summed E-state index contributed by atoms with van der Waals surface area (Å²) in [4.78, 5) is 60.4. The van der Waals surface area contributed by atoms with Gasteiger partial charge in [0.2, 0.25) is 0 Å². The van der Waals surface area contributed by atoms with E-state index in [2.05, 4.69) is 13.1 Å². The summed E-state index contributed by atoms with van der Waals surface area (Å²) in [5.41, 5.74) is -1.75. The van der Waals surface area contributed by atoms with Crippen molar-refractivity contribution in [1.29, 1.82) is 0 Å². The van der Waals surface area contributed by atoms with Gasteiger partial charge in [-0.1, -0.05) is 0 Å². The number of phosphoric ester groups is 1. The number of aliphatic hydroxyl groups is 2. The summed E-state index contributed by atoms with van der Waals surface area (Å²) >= 11 is 0. The Hall–Kier alpha value is -1.03. The van der Waals surface area contributed by atoms with Gasteiger partial charge in [0, 0.05) is 12.3 Å². The molecule has 1 aliphatic rings. The van der Waals surface area contributed by atoms with Gasteiger partial charge in [0.05, 0.1) is 6.10 Å². The number of aliphatic hydroxyl groups excluding tert-OH is 2. The van der Waals surface area contributed by atoms with Crippen LogP contribution in [-0.4, -0.2) is 63.8 Å². The van der Waals surface area contributed by atoms with Crippen LogP contribution < -0.4 is 11.2 Å². The lowest BCUT2D eigenvalue weighted by Gasteiger charge is -2.24. The molecule has 172 valence electrons. The Labute approximate surface area is 165 Å². The molecule has 2 rings (SSSR count). The van der Waals surface area contributed by atoms with E-state index in [1.807, 2.05) is 4.98 Å². The summed E-state index contributed by atoms with van der Waals surface area (Å²) in [7, 11) is -16.9. The Morgan fingerprint density at radius 2 is 1.67 bits per heavy atom. The molecule has 20 heteroatoms. The van der Waals surface area contributed by atoms with Crippen molar-refractivity contribution in [2.75, 3.05) is 0 Å². The molecule has 0 saturated carbocycles. The van der Waals surface area contributed by atoms with Gasteiger partial charge < -0.3 is 34.5 Å². The molecule has 17 nitrogen and oxygen atoms in total. The minimum Gasteiger partial charge on any atom is -0.387 e. The second-order valence-electron chi connectivity index (χ2n) is 5.89. The fraction of sp³-hybridized carbons (Fsp3) is 0.600. The van der Waals surface area contributed by atoms with E-state index in [1.54, 1.807) is 0 Å². The number of H-pyrrole nitrogens is 1. The van der Waals surface area contributed by atoms with Gasteiger partial charge in [0.1, 0.15) is 18.3 Å². The van der Waals surface area contributed by atoms with E-state index in [9.17, 15) is 38.4 Å². The molecule has 7 N–H and O–H groups in total. The predicted molar refractivity (Wildman–Crippen MR) is 91.7 cm³/mol. The van der Waals surface area contributed by atoms with Crippen molar-refractivity contribution in [3.8, 4) is 0 Å². The summed E-state index contributed by atoms with van der Waals surface area (Å²) in [6, 6.07) is 0.923. The molecule has 30 heavy (non-hydrogen) atoms. The molecule has 0 bridgehead atoms. The lowest BCUT2D eigenvalue weighted by atomic mass is 10.1. The fourth-order valence-corrected chi connectivity index (χ4v) is 5.70. The highest BCUT2D eigenvalue weighted by atomic mass is 31.3. The molecule has 2 heterocycles. The minimum absolute atomic E-state index is 0.715. The molecule has 0 aromatic carbocycles. The third kappa shape index (κ3) is 6.48. The van der Waals surface area contributed by atoms with Crippen molar-refractivity contribution >= 4 is 23.5 Å². The third-order valence-electron chi connectivity index (χ3n) is 3.58. The first kappa shape index (κ1) is 25.2. The molecule has 0 radical (unpaired) electrons. The van der Waals surface area contributed by atoms with E-state index in [-0.39, 0.29) is 0 Å². The molecule has 0 aliphatic carbocycles. The molecular weight excluding hydrogens is 481 g/mol. The van der Waals surface area contributed by atoms with E-state index in [4.69, 9.17) is 19.4 Å². The summed E-state index contributed by atoms with van der Waals surface area (Å²) in [5.74, 6) is 0. The van der Waals surface area contributed by atoms with Gasteiger partial charge in [-0.25, -0.2) is 18.5 Å². The molecule has 1 aromatic heterocycles. The van der Waals surface area contributed by atoms with Crippen LogP contribution in [0, 0.1) is 0 Å². The summed E-state index contributed by atoms with van der Waals surface area (Å²) in [5, 5.41) is 20.2. The standard InChI is InChI=1S/C10H17N2O15P3/c1-4(25-29(20,21)27-30(22,23)26-28(17,18)19)8-6(14)7(15)9(24-8)12-3-2-5(13)11-10(12)16/h2-4,6-9,14-15H,1H3,(H,20,21)(H,22,23)(H,11,13,16)(H2,17,18,19)/t4-,6-,7+,8+,9+/m0/s1. The van der Waals surface area contributed by atoms with Crippen molar-refractivity contribution < 1.29 is 61.4 Å². The van der Waals surface area contributed by atoms with Crippen LogP contribution in [0.1, 0.15) is 13.2 Å². The average Bonchev–Trinajstić information content (AvgIpc) is 2.79. The van der Waals surface area contributed by atoms with Gasteiger partial charge in [0.15, 0.2) is 6.23 Å². The quantitative estimate of drug-likeness (QED) is 0.189. The van der Waals surface area contributed by atoms with Crippen LogP contribution in [0.3, 0.4) is 0 Å². The SMILES string of the molecule is C[C@H](OP(=O)(O)OP(=O)(O)OP(=O)(O)O)[C@H]1O[C@@H](n2ccc(=O)[nH]c2=O)[C@H](O)[C@@H]1O. The first-order chi connectivity index (χ1) is 13.5. The van der Waals surface area contributed by atoms with Crippen molar-refractivity contribution in [3.05, 3.63) is 33.1 Å². The van der Waals surface area contributed by atoms with Crippen LogP contribution in [0.25, 0.3) is 0 Å². The predicted octanol–water partition coefficient (Wildman–Crippen LogP) is -2.11. The Bertz CT molecular complexity index is 1030. The first-order valence-corrected chi connectivity index (χ1v) is 12.2.